The molecule has 0 bridgehead atoms. The van der Waals surface area contributed by atoms with E-state index in [-0.39, 0.29) is 35.1 Å². The highest BCUT2D eigenvalue weighted by Gasteiger charge is 2.65. The molecular weight excluding hydrogens is 412 g/mol. The summed E-state index contributed by atoms with van der Waals surface area (Å²) in [7, 11) is 0. The number of esters is 1. The second-order valence-corrected chi connectivity index (χ2v) is 13.3. The monoisotopic (exact) mass is 460 g/mol. The van der Waals surface area contributed by atoms with E-state index in [1.165, 1.54) is 38.5 Å². The van der Waals surface area contributed by atoms with Crippen LogP contribution in [0.25, 0.3) is 0 Å². The predicted octanol–water partition coefficient (Wildman–Crippen LogP) is 5.88. The standard InChI is InChI=1S/C29H48O4/c1-18(11-14-26(32)33-20-9-4-5-10-20)21-12-13-22-27-23(17-25(31)29(21,22)3)28(2)15-7-6-8-19(28)16-24(27)30/h18-25,27,30-31H,4-17H2,1-3H3. The van der Waals surface area contributed by atoms with Crippen LogP contribution in [0.3, 0.4) is 0 Å². The molecule has 0 aromatic carbocycles. The minimum atomic E-state index is -0.297. The largest absolute Gasteiger partial charge is 0.462 e. The summed E-state index contributed by atoms with van der Waals surface area (Å²) in [6.07, 6.45) is 14.6. The Balaban J connectivity index is 1.28. The molecule has 10 atom stereocenters. The molecule has 10 unspecified atom stereocenters. The van der Waals surface area contributed by atoms with Gasteiger partial charge < -0.3 is 14.9 Å². The van der Waals surface area contributed by atoms with Crippen LogP contribution in [0.4, 0.5) is 0 Å². The van der Waals surface area contributed by atoms with Crippen molar-refractivity contribution in [3.05, 3.63) is 0 Å². The summed E-state index contributed by atoms with van der Waals surface area (Å²) >= 11 is 0. The number of hydrogen-bond acceptors (Lipinski definition) is 4. The summed E-state index contributed by atoms with van der Waals surface area (Å²) in [6, 6.07) is 0. The van der Waals surface area contributed by atoms with Crippen molar-refractivity contribution in [1.29, 1.82) is 0 Å². The zero-order chi connectivity index (χ0) is 23.4. The third-order valence-electron chi connectivity index (χ3n) is 11.9. The highest BCUT2D eigenvalue weighted by molar-refractivity contribution is 5.69. The lowest BCUT2D eigenvalue weighted by molar-refractivity contribution is -0.201. The van der Waals surface area contributed by atoms with Gasteiger partial charge in [0, 0.05) is 6.42 Å². The lowest BCUT2D eigenvalue weighted by Gasteiger charge is -2.63. The summed E-state index contributed by atoms with van der Waals surface area (Å²) < 4.78 is 5.70. The second kappa shape index (κ2) is 9.12. The van der Waals surface area contributed by atoms with Crippen LogP contribution in [0.5, 0.6) is 0 Å². The minimum absolute atomic E-state index is 0.0309. The van der Waals surface area contributed by atoms with E-state index < -0.39 is 0 Å². The van der Waals surface area contributed by atoms with Crippen molar-refractivity contribution in [2.24, 2.45) is 46.3 Å². The Morgan fingerprint density at radius 2 is 1.70 bits per heavy atom. The van der Waals surface area contributed by atoms with Crippen molar-refractivity contribution in [3.63, 3.8) is 0 Å². The van der Waals surface area contributed by atoms with Gasteiger partial charge in [-0.05, 0) is 117 Å². The summed E-state index contributed by atoms with van der Waals surface area (Å²) in [5.41, 5.74) is 0.146. The van der Waals surface area contributed by atoms with Crippen LogP contribution in [0, 0.1) is 46.3 Å². The van der Waals surface area contributed by atoms with Crippen LogP contribution in [0.2, 0.25) is 0 Å². The van der Waals surface area contributed by atoms with E-state index in [4.69, 9.17) is 4.74 Å². The normalized spacial score (nSPS) is 48.6. The fraction of sp³-hybridized carbons (Fsp3) is 0.966. The smallest absolute Gasteiger partial charge is 0.306 e. The van der Waals surface area contributed by atoms with Gasteiger partial charge in [0.1, 0.15) is 6.10 Å². The van der Waals surface area contributed by atoms with Crippen molar-refractivity contribution in [2.75, 3.05) is 0 Å². The summed E-state index contributed by atoms with van der Waals surface area (Å²) in [5.74, 6) is 2.59. The maximum absolute atomic E-state index is 12.4. The van der Waals surface area contributed by atoms with Gasteiger partial charge in [0.2, 0.25) is 0 Å². The summed E-state index contributed by atoms with van der Waals surface area (Å²) in [6.45, 7) is 7.10. The number of aliphatic hydroxyl groups is 2. The first-order chi connectivity index (χ1) is 15.7. The summed E-state index contributed by atoms with van der Waals surface area (Å²) in [4.78, 5) is 12.4. The van der Waals surface area contributed by atoms with E-state index in [0.29, 0.717) is 41.9 Å². The molecule has 4 heteroatoms. The van der Waals surface area contributed by atoms with Crippen LogP contribution < -0.4 is 0 Å². The number of hydrogen-bond donors (Lipinski definition) is 2. The lowest BCUT2D eigenvalue weighted by Crippen LogP contribution is -2.61. The molecule has 33 heavy (non-hydrogen) atoms. The van der Waals surface area contributed by atoms with Crippen LogP contribution >= 0.6 is 0 Å². The Morgan fingerprint density at radius 3 is 2.45 bits per heavy atom. The molecule has 5 fully saturated rings. The average Bonchev–Trinajstić information content (AvgIpc) is 3.41. The van der Waals surface area contributed by atoms with E-state index in [0.717, 1.165) is 44.9 Å². The molecule has 0 radical (unpaired) electrons. The Bertz CT molecular complexity index is 716. The van der Waals surface area contributed by atoms with Crippen LogP contribution in [0.1, 0.15) is 111 Å². The lowest BCUT2D eigenvalue weighted by atomic mass is 9.43. The fourth-order valence-corrected chi connectivity index (χ4v) is 9.98. The van der Waals surface area contributed by atoms with Crippen molar-refractivity contribution >= 4 is 5.97 Å². The molecule has 0 aliphatic heterocycles. The minimum Gasteiger partial charge on any atom is -0.462 e. The fourth-order valence-electron chi connectivity index (χ4n) is 9.98. The third-order valence-corrected chi connectivity index (χ3v) is 11.9. The Labute approximate surface area is 201 Å². The van der Waals surface area contributed by atoms with E-state index in [1.807, 2.05) is 0 Å². The van der Waals surface area contributed by atoms with Gasteiger partial charge in [0.05, 0.1) is 12.2 Å². The second-order valence-electron chi connectivity index (χ2n) is 13.3. The third kappa shape index (κ3) is 3.99. The van der Waals surface area contributed by atoms with Gasteiger partial charge >= 0.3 is 5.97 Å². The molecule has 0 aromatic heterocycles. The van der Waals surface area contributed by atoms with Gasteiger partial charge in [-0.3, -0.25) is 4.79 Å². The Hall–Kier alpha value is -0.610. The van der Waals surface area contributed by atoms with Gasteiger partial charge in [0.25, 0.3) is 0 Å². The van der Waals surface area contributed by atoms with Gasteiger partial charge in [-0.1, -0.05) is 33.6 Å². The molecule has 5 aliphatic carbocycles. The van der Waals surface area contributed by atoms with Gasteiger partial charge in [-0.25, -0.2) is 0 Å². The molecule has 5 aliphatic rings. The van der Waals surface area contributed by atoms with E-state index in [2.05, 4.69) is 20.8 Å². The first-order valence-corrected chi connectivity index (χ1v) is 14.3. The topological polar surface area (TPSA) is 66.8 Å². The van der Waals surface area contributed by atoms with Crippen molar-refractivity contribution in [1.82, 2.24) is 0 Å². The van der Waals surface area contributed by atoms with E-state index in [1.54, 1.807) is 0 Å². The molecule has 0 saturated heterocycles. The molecule has 2 N–H and O–H groups in total. The first kappa shape index (κ1) is 24.1. The van der Waals surface area contributed by atoms with Crippen molar-refractivity contribution in [2.45, 2.75) is 129 Å². The van der Waals surface area contributed by atoms with E-state index in [9.17, 15) is 15.0 Å². The SMILES string of the molecule is CC(CCC(=O)OC1CCCC1)C1CCC2C3C(O)CC4CCCCC4(C)C3CC(O)C12C. The highest BCUT2D eigenvalue weighted by atomic mass is 16.5. The Morgan fingerprint density at radius 1 is 0.970 bits per heavy atom. The molecule has 0 spiro atoms. The number of carbonyl (C=O) groups excluding carboxylic acids is 1. The zero-order valence-electron chi connectivity index (χ0n) is 21.3. The number of ether oxygens (including phenoxy) is 1. The van der Waals surface area contributed by atoms with Crippen LogP contribution in [-0.2, 0) is 9.53 Å². The number of carbonyl (C=O) groups is 1. The number of aliphatic hydroxyl groups excluding tert-OH is 2. The zero-order valence-corrected chi connectivity index (χ0v) is 21.3. The van der Waals surface area contributed by atoms with Gasteiger partial charge in [-0.2, -0.15) is 0 Å². The average molecular weight is 461 g/mol. The number of rotatable bonds is 5. The van der Waals surface area contributed by atoms with E-state index >= 15 is 0 Å². The van der Waals surface area contributed by atoms with Crippen LogP contribution in [0.15, 0.2) is 0 Å². The van der Waals surface area contributed by atoms with Gasteiger partial charge in [0.15, 0.2) is 0 Å². The molecule has 5 saturated carbocycles. The maximum Gasteiger partial charge on any atom is 0.306 e. The molecule has 0 amide bonds. The van der Waals surface area contributed by atoms with Crippen LogP contribution in [-0.4, -0.2) is 34.5 Å². The highest BCUT2D eigenvalue weighted by Crippen LogP contribution is 2.68. The quantitative estimate of drug-likeness (QED) is 0.503. The molecule has 0 aromatic rings. The molecular formula is C29H48O4. The molecule has 0 heterocycles. The van der Waals surface area contributed by atoms with Crippen molar-refractivity contribution < 1.29 is 19.7 Å². The number of fused-ring (bicyclic) bond motifs is 5. The molecule has 5 rings (SSSR count). The first-order valence-electron chi connectivity index (χ1n) is 14.3. The summed E-state index contributed by atoms with van der Waals surface area (Å²) in [5, 5.41) is 23.1. The van der Waals surface area contributed by atoms with Gasteiger partial charge in [-0.15, -0.1) is 0 Å². The maximum atomic E-state index is 12.4. The Kier molecular flexibility index (Phi) is 6.66. The molecule has 4 nitrogen and oxygen atoms in total. The molecule has 188 valence electrons. The predicted molar refractivity (Wildman–Crippen MR) is 129 cm³/mol. The van der Waals surface area contributed by atoms with Crippen molar-refractivity contribution in [3.8, 4) is 0 Å².